The molecule has 0 spiro atoms. The van der Waals surface area contributed by atoms with Crippen LogP contribution in [0.3, 0.4) is 0 Å². The van der Waals surface area contributed by atoms with Gasteiger partial charge in [0.15, 0.2) is 0 Å². The standard InChI is InChI=1S/C21H17N3O4/c1-28-19-9-5-3-7-17(19)23-21(27)14(11-22)10-15-12-24(13-20(25)26)18-8-4-2-6-16(15)18/h2-10,12H,13H2,1H3,(H,23,27)(H,25,26)/b14-10+. The molecule has 140 valence electrons. The number of nitrogens with one attached hydrogen (secondary N) is 1. The van der Waals surface area contributed by atoms with Crippen LogP contribution in [0.15, 0.2) is 60.3 Å². The number of ether oxygens (including phenoxy) is 1. The van der Waals surface area contributed by atoms with E-state index in [-0.39, 0.29) is 12.1 Å². The van der Waals surface area contributed by atoms with Gasteiger partial charge < -0.3 is 19.7 Å². The number of para-hydroxylation sites is 3. The molecule has 0 atom stereocenters. The van der Waals surface area contributed by atoms with E-state index in [2.05, 4.69) is 5.32 Å². The van der Waals surface area contributed by atoms with Crippen molar-refractivity contribution in [2.45, 2.75) is 6.54 Å². The number of carbonyl (C=O) groups is 2. The normalized spacial score (nSPS) is 11.1. The molecule has 1 aromatic heterocycles. The summed E-state index contributed by atoms with van der Waals surface area (Å²) in [6.45, 7) is -0.219. The van der Waals surface area contributed by atoms with Gasteiger partial charge in [0, 0.05) is 22.7 Å². The Morgan fingerprint density at radius 1 is 1.21 bits per heavy atom. The number of carboxylic acids is 1. The maximum Gasteiger partial charge on any atom is 0.323 e. The van der Waals surface area contributed by atoms with Gasteiger partial charge in [0.1, 0.15) is 23.9 Å². The molecule has 0 aliphatic rings. The van der Waals surface area contributed by atoms with Gasteiger partial charge in [0.25, 0.3) is 5.91 Å². The van der Waals surface area contributed by atoms with Gasteiger partial charge in [0.05, 0.1) is 12.8 Å². The van der Waals surface area contributed by atoms with Gasteiger partial charge in [-0.3, -0.25) is 9.59 Å². The molecule has 3 rings (SSSR count). The van der Waals surface area contributed by atoms with Gasteiger partial charge in [-0.1, -0.05) is 30.3 Å². The Balaban J connectivity index is 1.98. The number of fused-ring (bicyclic) bond motifs is 1. The molecule has 3 aromatic rings. The van der Waals surface area contributed by atoms with E-state index in [9.17, 15) is 14.9 Å². The summed E-state index contributed by atoms with van der Waals surface area (Å²) >= 11 is 0. The molecule has 0 aliphatic carbocycles. The first-order chi connectivity index (χ1) is 13.5. The monoisotopic (exact) mass is 375 g/mol. The van der Waals surface area contributed by atoms with Crippen LogP contribution in [0, 0.1) is 11.3 Å². The highest BCUT2D eigenvalue weighted by Gasteiger charge is 2.15. The number of hydrogen-bond donors (Lipinski definition) is 2. The van der Waals surface area contributed by atoms with Crippen LogP contribution in [-0.4, -0.2) is 28.7 Å². The Morgan fingerprint density at radius 3 is 2.64 bits per heavy atom. The first-order valence-corrected chi connectivity index (χ1v) is 8.39. The average Bonchev–Trinajstić information content (AvgIpc) is 3.03. The van der Waals surface area contributed by atoms with Crippen LogP contribution in [-0.2, 0) is 16.1 Å². The predicted molar refractivity (Wildman–Crippen MR) is 105 cm³/mol. The van der Waals surface area contributed by atoms with E-state index in [0.717, 1.165) is 5.39 Å². The molecular weight excluding hydrogens is 358 g/mol. The fourth-order valence-corrected chi connectivity index (χ4v) is 2.91. The zero-order chi connectivity index (χ0) is 20.1. The van der Waals surface area contributed by atoms with Crippen LogP contribution >= 0.6 is 0 Å². The average molecular weight is 375 g/mol. The number of carbonyl (C=O) groups excluding carboxylic acids is 1. The molecule has 0 bridgehead atoms. The minimum Gasteiger partial charge on any atom is -0.495 e. The second-order valence-corrected chi connectivity index (χ2v) is 5.95. The minimum atomic E-state index is -0.981. The minimum absolute atomic E-state index is 0.107. The highest BCUT2D eigenvalue weighted by atomic mass is 16.5. The van der Waals surface area contributed by atoms with Crippen molar-refractivity contribution in [3.05, 3.63) is 65.9 Å². The molecule has 1 heterocycles. The van der Waals surface area contributed by atoms with Gasteiger partial charge in [-0.2, -0.15) is 5.26 Å². The zero-order valence-electron chi connectivity index (χ0n) is 15.0. The van der Waals surface area contributed by atoms with Crippen molar-refractivity contribution in [3.63, 3.8) is 0 Å². The molecule has 7 heteroatoms. The predicted octanol–water partition coefficient (Wildman–Crippen LogP) is 3.28. The lowest BCUT2D eigenvalue weighted by molar-refractivity contribution is -0.137. The zero-order valence-corrected chi connectivity index (χ0v) is 15.0. The summed E-state index contributed by atoms with van der Waals surface area (Å²) in [5.74, 6) is -1.08. The van der Waals surface area contributed by atoms with Crippen molar-refractivity contribution in [3.8, 4) is 11.8 Å². The number of nitriles is 1. The maximum absolute atomic E-state index is 12.6. The number of aromatic nitrogens is 1. The molecule has 0 radical (unpaired) electrons. The summed E-state index contributed by atoms with van der Waals surface area (Å²) in [4.78, 5) is 23.7. The Bertz CT molecular complexity index is 1120. The second-order valence-electron chi connectivity index (χ2n) is 5.95. The smallest absolute Gasteiger partial charge is 0.323 e. The Hall–Kier alpha value is -4.05. The van der Waals surface area contributed by atoms with Crippen molar-refractivity contribution >= 4 is 34.5 Å². The van der Waals surface area contributed by atoms with Gasteiger partial charge in [-0.05, 0) is 24.3 Å². The summed E-state index contributed by atoms with van der Waals surface area (Å²) in [5, 5.41) is 22.0. The van der Waals surface area contributed by atoms with E-state index in [1.165, 1.54) is 13.2 Å². The molecule has 0 saturated heterocycles. The largest absolute Gasteiger partial charge is 0.495 e. The highest BCUT2D eigenvalue weighted by molar-refractivity contribution is 6.11. The number of hydrogen-bond acceptors (Lipinski definition) is 4. The SMILES string of the molecule is COc1ccccc1NC(=O)/C(C#N)=C/c1cn(CC(=O)O)c2ccccc12. The summed E-state index contributed by atoms with van der Waals surface area (Å²) in [7, 11) is 1.49. The van der Waals surface area contributed by atoms with E-state index < -0.39 is 11.9 Å². The molecule has 28 heavy (non-hydrogen) atoms. The van der Waals surface area contributed by atoms with Crippen molar-refractivity contribution in [1.82, 2.24) is 4.57 Å². The van der Waals surface area contributed by atoms with Crippen molar-refractivity contribution in [2.75, 3.05) is 12.4 Å². The lowest BCUT2D eigenvalue weighted by atomic mass is 10.1. The van der Waals surface area contributed by atoms with E-state index in [4.69, 9.17) is 9.84 Å². The van der Waals surface area contributed by atoms with Crippen molar-refractivity contribution < 1.29 is 19.4 Å². The Kier molecular flexibility index (Phi) is 5.42. The summed E-state index contributed by atoms with van der Waals surface area (Å²) in [6.07, 6.45) is 3.07. The number of amides is 1. The van der Waals surface area contributed by atoms with Crippen molar-refractivity contribution in [2.24, 2.45) is 0 Å². The highest BCUT2D eigenvalue weighted by Crippen LogP contribution is 2.26. The summed E-state index contributed by atoms with van der Waals surface area (Å²) < 4.78 is 6.77. The van der Waals surface area contributed by atoms with Gasteiger partial charge in [-0.25, -0.2) is 0 Å². The first kappa shape index (κ1) is 18.7. The third-order valence-corrected chi connectivity index (χ3v) is 4.15. The number of nitrogens with zero attached hydrogens (tertiary/aromatic N) is 2. The van der Waals surface area contributed by atoms with Crippen LogP contribution in [0.4, 0.5) is 5.69 Å². The third kappa shape index (κ3) is 3.86. The van der Waals surface area contributed by atoms with Gasteiger partial charge in [-0.15, -0.1) is 0 Å². The molecule has 7 nitrogen and oxygen atoms in total. The van der Waals surface area contributed by atoms with E-state index >= 15 is 0 Å². The molecule has 0 aliphatic heterocycles. The second kappa shape index (κ2) is 8.10. The van der Waals surface area contributed by atoms with Gasteiger partial charge >= 0.3 is 5.97 Å². The molecular formula is C21H17N3O4. The van der Waals surface area contributed by atoms with Crippen LogP contribution in [0.1, 0.15) is 5.56 Å². The van der Waals surface area contributed by atoms with Gasteiger partial charge in [0.2, 0.25) is 0 Å². The van der Waals surface area contributed by atoms with E-state index in [1.54, 1.807) is 47.2 Å². The fraction of sp³-hybridized carbons (Fsp3) is 0.0952. The third-order valence-electron chi connectivity index (χ3n) is 4.15. The number of benzene rings is 2. The molecule has 2 N–H and O–H groups in total. The Labute approximate surface area is 161 Å². The molecule has 0 fully saturated rings. The fourth-order valence-electron chi connectivity index (χ4n) is 2.91. The lowest BCUT2D eigenvalue weighted by Crippen LogP contribution is -2.14. The number of carboxylic acid groups (broad SMARTS) is 1. The quantitative estimate of drug-likeness (QED) is 0.508. The maximum atomic E-state index is 12.6. The van der Waals surface area contributed by atoms with Crippen LogP contribution < -0.4 is 10.1 Å². The van der Waals surface area contributed by atoms with Crippen LogP contribution in [0.25, 0.3) is 17.0 Å². The topological polar surface area (TPSA) is 104 Å². The van der Waals surface area contributed by atoms with Crippen LogP contribution in [0.5, 0.6) is 5.75 Å². The lowest BCUT2D eigenvalue weighted by Gasteiger charge is -2.09. The summed E-state index contributed by atoms with van der Waals surface area (Å²) in [6, 6.07) is 16.0. The van der Waals surface area contributed by atoms with E-state index in [1.807, 2.05) is 18.2 Å². The van der Waals surface area contributed by atoms with Crippen LogP contribution in [0.2, 0.25) is 0 Å². The molecule has 0 unspecified atom stereocenters. The molecule has 2 aromatic carbocycles. The Morgan fingerprint density at radius 2 is 1.93 bits per heavy atom. The molecule has 1 amide bonds. The molecule has 0 saturated carbocycles. The number of anilines is 1. The van der Waals surface area contributed by atoms with E-state index in [0.29, 0.717) is 22.5 Å². The number of aliphatic carboxylic acids is 1. The number of methoxy groups -OCH3 is 1. The number of rotatable bonds is 6. The summed E-state index contributed by atoms with van der Waals surface area (Å²) in [5.41, 5.74) is 1.63. The first-order valence-electron chi connectivity index (χ1n) is 8.39. The van der Waals surface area contributed by atoms with Crippen molar-refractivity contribution in [1.29, 1.82) is 5.26 Å².